The standard InChI is InChI=1S/C18H17N3O2S2/c1-3-9-21-17(23)15-13(20-18(21)24-11(2)16(19)22)10-14(25-15)12-7-5-4-6-8-12/h3-8,10-11H,1,9H2,2H3,(H2,19,22). The summed E-state index contributed by atoms with van der Waals surface area (Å²) < 4.78 is 2.13. The molecule has 5 nitrogen and oxygen atoms in total. The molecule has 1 amide bonds. The summed E-state index contributed by atoms with van der Waals surface area (Å²) >= 11 is 2.61. The van der Waals surface area contributed by atoms with Crippen molar-refractivity contribution in [3.63, 3.8) is 0 Å². The van der Waals surface area contributed by atoms with Crippen molar-refractivity contribution >= 4 is 39.2 Å². The lowest BCUT2D eigenvalue weighted by Gasteiger charge is -2.12. The highest BCUT2D eigenvalue weighted by molar-refractivity contribution is 8.00. The third-order valence-electron chi connectivity index (χ3n) is 3.65. The number of amides is 1. The number of carbonyl (C=O) groups excluding carboxylic acids is 1. The number of thioether (sulfide) groups is 1. The highest BCUT2D eigenvalue weighted by Crippen LogP contribution is 2.32. The van der Waals surface area contributed by atoms with Crippen LogP contribution < -0.4 is 11.3 Å². The molecule has 1 atom stereocenters. The first-order chi connectivity index (χ1) is 12.0. The lowest BCUT2D eigenvalue weighted by atomic mass is 10.2. The maximum atomic E-state index is 12.9. The molecule has 2 heterocycles. The van der Waals surface area contributed by atoms with Gasteiger partial charge >= 0.3 is 0 Å². The minimum atomic E-state index is -0.479. The Bertz CT molecular complexity index is 993. The number of benzene rings is 1. The second-order valence-corrected chi connectivity index (χ2v) is 7.81. The summed E-state index contributed by atoms with van der Waals surface area (Å²) in [6.07, 6.45) is 1.64. The maximum absolute atomic E-state index is 12.9. The van der Waals surface area contributed by atoms with E-state index in [1.807, 2.05) is 36.4 Å². The van der Waals surface area contributed by atoms with E-state index in [1.54, 1.807) is 13.0 Å². The fraction of sp³-hybridized carbons (Fsp3) is 0.167. The summed E-state index contributed by atoms with van der Waals surface area (Å²) in [6, 6.07) is 11.8. The summed E-state index contributed by atoms with van der Waals surface area (Å²) in [7, 11) is 0. The molecule has 0 radical (unpaired) electrons. The van der Waals surface area contributed by atoms with E-state index in [-0.39, 0.29) is 5.56 Å². The normalized spacial score (nSPS) is 12.2. The fourth-order valence-electron chi connectivity index (χ4n) is 2.33. The molecule has 0 aliphatic rings. The van der Waals surface area contributed by atoms with Crippen molar-refractivity contribution in [1.82, 2.24) is 9.55 Å². The van der Waals surface area contributed by atoms with Gasteiger partial charge in [-0.05, 0) is 18.6 Å². The van der Waals surface area contributed by atoms with Gasteiger partial charge in [0.2, 0.25) is 5.91 Å². The molecular formula is C18H17N3O2S2. The molecule has 25 heavy (non-hydrogen) atoms. The zero-order valence-electron chi connectivity index (χ0n) is 13.6. The average molecular weight is 371 g/mol. The molecule has 1 unspecified atom stereocenters. The van der Waals surface area contributed by atoms with E-state index in [2.05, 4.69) is 11.6 Å². The number of hydrogen-bond acceptors (Lipinski definition) is 5. The van der Waals surface area contributed by atoms with E-state index in [4.69, 9.17) is 5.73 Å². The van der Waals surface area contributed by atoms with Gasteiger partial charge in [-0.1, -0.05) is 48.2 Å². The van der Waals surface area contributed by atoms with Gasteiger partial charge in [0.15, 0.2) is 5.16 Å². The number of hydrogen-bond donors (Lipinski definition) is 1. The zero-order valence-corrected chi connectivity index (χ0v) is 15.3. The predicted molar refractivity (Wildman–Crippen MR) is 104 cm³/mol. The van der Waals surface area contributed by atoms with E-state index < -0.39 is 11.2 Å². The van der Waals surface area contributed by atoms with Crippen LogP contribution in [0, 0.1) is 0 Å². The van der Waals surface area contributed by atoms with Crippen molar-refractivity contribution in [2.24, 2.45) is 5.73 Å². The molecule has 0 saturated heterocycles. The Kier molecular flexibility index (Phi) is 5.06. The van der Waals surface area contributed by atoms with Crippen LogP contribution in [0.1, 0.15) is 6.92 Å². The Hall–Kier alpha value is -2.38. The Labute approximate surface area is 153 Å². The van der Waals surface area contributed by atoms with Crippen molar-refractivity contribution in [3.05, 3.63) is 59.4 Å². The number of nitrogens with zero attached hydrogens (tertiary/aromatic N) is 2. The van der Waals surface area contributed by atoms with Crippen LogP contribution in [0.5, 0.6) is 0 Å². The Balaban J connectivity index is 2.16. The molecule has 128 valence electrons. The van der Waals surface area contributed by atoms with E-state index in [0.29, 0.717) is 21.9 Å². The molecule has 0 aliphatic heterocycles. The molecule has 0 spiro atoms. The lowest BCUT2D eigenvalue weighted by molar-refractivity contribution is -0.117. The SMILES string of the molecule is C=CCn1c(SC(C)C(N)=O)nc2cc(-c3ccccc3)sc2c1=O. The highest BCUT2D eigenvalue weighted by atomic mass is 32.2. The first-order valence-corrected chi connectivity index (χ1v) is 9.37. The minimum Gasteiger partial charge on any atom is -0.369 e. The van der Waals surface area contributed by atoms with E-state index >= 15 is 0 Å². The first-order valence-electron chi connectivity index (χ1n) is 7.68. The van der Waals surface area contributed by atoms with Crippen LogP contribution in [0.15, 0.2) is 59.0 Å². The first kappa shape index (κ1) is 17.4. The summed E-state index contributed by atoms with van der Waals surface area (Å²) in [5.74, 6) is -0.445. The number of primary amides is 1. The quantitative estimate of drug-likeness (QED) is 0.410. The summed E-state index contributed by atoms with van der Waals surface area (Å²) in [6.45, 7) is 5.73. The molecule has 3 aromatic rings. The molecule has 7 heteroatoms. The number of rotatable bonds is 6. The molecular weight excluding hydrogens is 354 g/mol. The van der Waals surface area contributed by atoms with Gasteiger partial charge in [-0.2, -0.15) is 0 Å². The number of thiophene rings is 1. The topological polar surface area (TPSA) is 78.0 Å². The number of carbonyl (C=O) groups is 1. The van der Waals surface area contributed by atoms with Crippen molar-refractivity contribution in [2.45, 2.75) is 23.9 Å². The van der Waals surface area contributed by atoms with Gasteiger partial charge in [-0.3, -0.25) is 14.2 Å². The number of fused-ring (bicyclic) bond motifs is 1. The van der Waals surface area contributed by atoms with E-state index in [0.717, 1.165) is 10.4 Å². The molecule has 2 N–H and O–H groups in total. The molecule has 2 aromatic heterocycles. The average Bonchev–Trinajstić information content (AvgIpc) is 3.03. The molecule has 1 aromatic carbocycles. The van der Waals surface area contributed by atoms with Crippen molar-refractivity contribution in [3.8, 4) is 10.4 Å². The van der Waals surface area contributed by atoms with Crippen molar-refractivity contribution in [2.75, 3.05) is 0 Å². The van der Waals surface area contributed by atoms with Crippen LogP contribution in [0.25, 0.3) is 20.7 Å². The van der Waals surface area contributed by atoms with Gasteiger partial charge in [0.25, 0.3) is 5.56 Å². The summed E-state index contributed by atoms with van der Waals surface area (Å²) in [5.41, 5.74) is 6.89. The van der Waals surface area contributed by atoms with Crippen LogP contribution in [0.2, 0.25) is 0 Å². The van der Waals surface area contributed by atoms with Gasteiger partial charge in [-0.15, -0.1) is 17.9 Å². The molecule has 0 bridgehead atoms. The van der Waals surface area contributed by atoms with Crippen molar-refractivity contribution < 1.29 is 4.79 Å². The third-order valence-corrected chi connectivity index (χ3v) is 5.92. The number of allylic oxidation sites excluding steroid dienone is 1. The second kappa shape index (κ2) is 7.25. The summed E-state index contributed by atoms with van der Waals surface area (Å²) in [5, 5.41) is -0.00578. The Morgan fingerprint density at radius 1 is 1.44 bits per heavy atom. The lowest BCUT2D eigenvalue weighted by Crippen LogP contribution is -2.26. The highest BCUT2D eigenvalue weighted by Gasteiger charge is 2.18. The van der Waals surface area contributed by atoms with Gasteiger partial charge in [0.05, 0.1) is 10.8 Å². The van der Waals surface area contributed by atoms with Gasteiger partial charge in [-0.25, -0.2) is 4.98 Å². The maximum Gasteiger partial charge on any atom is 0.272 e. The molecule has 0 aliphatic carbocycles. The zero-order chi connectivity index (χ0) is 18.0. The van der Waals surface area contributed by atoms with E-state index in [9.17, 15) is 9.59 Å². The third kappa shape index (κ3) is 3.52. The van der Waals surface area contributed by atoms with Gasteiger partial charge < -0.3 is 5.73 Å². The van der Waals surface area contributed by atoms with Crippen LogP contribution in [0.3, 0.4) is 0 Å². The van der Waals surface area contributed by atoms with Gasteiger partial charge in [0.1, 0.15) is 4.70 Å². The molecule has 0 fully saturated rings. The van der Waals surface area contributed by atoms with E-state index in [1.165, 1.54) is 27.7 Å². The molecule has 0 saturated carbocycles. The molecule has 3 rings (SSSR count). The fourth-order valence-corrected chi connectivity index (χ4v) is 4.25. The number of aromatic nitrogens is 2. The Morgan fingerprint density at radius 2 is 2.16 bits per heavy atom. The summed E-state index contributed by atoms with van der Waals surface area (Å²) in [4.78, 5) is 29.9. The smallest absolute Gasteiger partial charge is 0.272 e. The largest absolute Gasteiger partial charge is 0.369 e. The monoisotopic (exact) mass is 371 g/mol. The second-order valence-electron chi connectivity index (χ2n) is 5.45. The van der Waals surface area contributed by atoms with Crippen LogP contribution in [-0.2, 0) is 11.3 Å². The van der Waals surface area contributed by atoms with Crippen LogP contribution >= 0.6 is 23.1 Å². The van der Waals surface area contributed by atoms with Gasteiger partial charge in [0, 0.05) is 11.4 Å². The van der Waals surface area contributed by atoms with Crippen LogP contribution in [-0.4, -0.2) is 20.7 Å². The predicted octanol–water partition coefficient (Wildman–Crippen LogP) is 3.28. The van der Waals surface area contributed by atoms with Crippen molar-refractivity contribution in [1.29, 1.82) is 0 Å². The Morgan fingerprint density at radius 3 is 2.80 bits per heavy atom. The van der Waals surface area contributed by atoms with Crippen LogP contribution in [0.4, 0.5) is 0 Å². The number of nitrogens with two attached hydrogens (primary N) is 1. The minimum absolute atomic E-state index is 0.128.